The lowest BCUT2D eigenvalue weighted by atomic mass is 10.0. The van der Waals surface area contributed by atoms with E-state index in [1.54, 1.807) is 13.8 Å². The number of nitrogens with zero attached hydrogens (tertiary/aromatic N) is 2. The van der Waals surface area contributed by atoms with Crippen LogP contribution in [0.1, 0.15) is 20.3 Å². The Morgan fingerprint density at radius 1 is 1.42 bits per heavy atom. The molecule has 0 saturated carbocycles. The number of aromatic nitrogens is 2. The molecule has 0 spiro atoms. The van der Waals surface area contributed by atoms with Crippen LogP contribution >= 0.6 is 0 Å². The summed E-state index contributed by atoms with van der Waals surface area (Å²) in [5.74, 6) is -0.348. The molecule has 0 bridgehead atoms. The Morgan fingerprint density at radius 3 is 2.63 bits per heavy atom. The van der Waals surface area contributed by atoms with Gasteiger partial charge in [0, 0.05) is 31.5 Å². The summed E-state index contributed by atoms with van der Waals surface area (Å²) in [5.41, 5.74) is -1.50. The van der Waals surface area contributed by atoms with Crippen LogP contribution in [0, 0.1) is 0 Å². The summed E-state index contributed by atoms with van der Waals surface area (Å²) in [6.45, 7) is 3.37. The Balaban J connectivity index is 2.82. The summed E-state index contributed by atoms with van der Waals surface area (Å²) in [6, 6.07) is 1.23. The number of carbonyl (C=O) groups excluding carboxylic acids is 1. The minimum absolute atomic E-state index is 0.0347. The zero-order chi connectivity index (χ0) is 14.6. The quantitative estimate of drug-likeness (QED) is 0.704. The molecule has 7 heteroatoms. The van der Waals surface area contributed by atoms with Crippen LogP contribution in [0.4, 0.5) is 0 Å². The molecule has 0 unspecified atom stereocenters. The van der Waals surface area contributed by atoms with Gasteiger partial charge in [-0.1, -0.05) is 0 Å². The van der Waals surface area contributed by atoms with Crippen molar-refractivity contribution in [3.05, 3.63) is 33.1 Å². The molecule has 7 nitrogen and oxygen atoms in total. The minimum atomic E-state index is -0.546. The Morgan fingerprint density at radius 2 is 2.05 bits per heavy atom. The van der Waals surface area contributed by atoms with Crippen LogP contribution in [0.3, 0.4) is 0 Å². The molecular weight excluding hydrogens is 250 g/mol. The number of aliphatic hydroxyl groups is 1. The van der Waals surface area contributed by atoms with E-state index in [0.717, 1.165) is 9.13 Å². The Hall–Kier alpha value is -1.89. The average molecular weight is 269 g/mol. The van der Waals surface area contributed by atoms with Crippen molar-refractivity contribution < 1.29 is 9.90 Å². The second-order valence-electron chi connectivity index (χ2n) is 5.03. The Kier molecular flexibility index (Phi) is 4.66. The van der Waals surface area contributed by atoms with Gasteiger partial charge in [0.15, 0.2) is 0 Å². The van der Waals surface area contributed by atoms with Crippen molar-refractivity contribution in [2.75, 3.05) is 6.61 Å². The van der Waals surface area contributed by atoms with Crippen molar-refractivity contribution in [2.45, 2.75) is 32.4 Å². The molecule has 0 aliphatic rings. The first kappa shape index (κ1) is 15.2. The van der Waals surface area contributed by atoms with Gasteiger partial charge in [0.25, 0.3) is 5.56 Å². The van der Waals surface area contributed by atoms with Crippen LogP contribution < -0.4 is 16.6 Å². The van der Waals surface area contributed by atoms with Crippen molar-refractivity contribution in [3.63, 3.8) is 0 Å². The third-order valence-corrected chi connectivity index (χ3v) is 2.79. The largest absolute Gasteiger partial charge is 0.396 e. The van der Waals surface area contributed by atoms with E-state index in [4.69, 9.17) is 5.11 Å². The molecule has 19 heavy (non-hydrogen) atoms. The van der Waals surface area contributed by atoms with Crippen molar-refractivity contribution in [1.29, 1.82) is 0 Å². The SMILES string of the molecule is Cn1c(=O)ccn(CC(=O)NC(C)(C)CCO)c1=O. The molecule has 1 rings (SSSR count). The molecule has 0 atom stereocenters. The predicted molar refractivity (Wildman–Crippen MR) is 69.9 cm³/mol. The normalized spacial score (nSPS) is 11.4. The number of carbonyl (C=O) groups is 1. The maximum absolute atomic E-state index is 11.8. The van der Waals surface area contributed by atoms with Crippen LogP contribution in [0.5, 0.6) is 0 Å². The summed E-state index contributed by atoms with van der Waals surface area (Å²) in [6.07, 6.45) is 1.71. The van der Waals surface area contributed by atoms with Crippen LogP contribution in [0.2, 0.25) is 0 Å². The first-order valence-corrected chi connectivity index (χ1v) is 5.95. The van der Waals surface area contributed by atoms with Gasteiger partial charge >= 0.3 is 5.69 Å². The Labute approximate surface area is 110 Å². The monoisotopic (exact) mass is 269 g/mol. The zero-order valence-corrected chi connectivity index (χ0v) is 11.3. The molecule has 1 amide bonds. The van der Waals surface area contributed by atoms with Crippen LogP contribution in [0.25, 0.3) is 0 Å². The number of amides is 1. The standard InChI is InChI=1S/C12H19N3O4/c1-12(2,5-7-16)13-9(17)8-15-6-4-10(18)14(3)11(15)19/h4,6,16H,5,7-8H2,1-3H3,(H,13,17). The second kappa shape index (κ2) is 5.83. The summed E-state index contributed by atoms with van der Waals surface area (Å²) >= 11 is 0. The van der Waals surface area contributed by atoms with E-state index >= 15 is 0 Å². The number of hydrogen-bond acceptors (Lipinski definition) is 4. The van der Waals surface area contributed by atoms with Gasteiger partial charge in [-0.15, -0.1) is 0 Å². The summed E-state index contributed by atoms with van der Waals surface area (Å²) < 4.78 is 2.10. The van der Waals surface area contributed by atoms with Crippen LogP contribution in [0.15, 0.2) is 21.9 Å². The van der Waals surface area contributed by atoms with Gasteiger partial charge in [-0.05, 0) is 20.3 Å². The maximum Gasteiger partial charge on any atom is 0.331 e. The maximum atomic E-state index is 11.8. The van der Waals surface area contributed by atoms with E-state index < -0.39 is 16.8 Å². The van der Waals surface area contributed by atoms with Crippen molar-refractivity contribution >= 4 is 5.91 Å². The third-order valence-electron chi connectivity index (χ3n) is 2.79. The highest BCUT2D eigenvalue weighted by molar-refractivity contribution is 5.76. The highest BCUT2D eigenvalue weighted by Crippen LogP contribution is 2.06. The number of rotatable bonds is 5. The lowest BCUT2D eigenvalue weighted by Crippen LogP contribution is -2.47. The fraction of sp³-hybridized carbons (Fsp3) is 0.583. The van der Waals surface area contributed by atoms with E-state index in [2.05, 4.69) is 5.32 Å². The molecule has 106 valence electrons. The van der Waals surface area contributed by atoms with Gasteiger partial charge < -0.3 is 10.4 Å². The molecule has 0 radical (unpaired) electrons. The smallest absolute Gasteiger partial charge is 0.331 e. The molecule has 0 aliphatic heterocycles. The van der Waals surface area contributed by atoms with Gasteiger partial charge in [-0.2, -0.15) is 0 Å². The van der Waals surface area contributed by atoms with Gasteiger partial charge in [-0.25, -0.2) is 4.79 Å². The first-order chi connectivity index (χ1) is 8.76. The van der Waals surface area contributed by atoms with Gasteiger partial charge in [0.05, 0.1) is 0 Å². The molecule has 1 aromatic rings. The van der Waals surface area contributed by atoms with Crippen molar-refractivity contribution in [2.24, 2.45) is 7.05 Å². The van der Waals surface area contributed by atoms with E-state index in [-0.39, 0.29) is 19.1 Å². The molecule has 0 aromatic carbocycles. The molecule has 0 aliphatic carbocycles. The van der Waals surface area contributed by atoms with Crippen molar-refractivity contribution in [3.8, 4) is 0 Å². The van der Waals surface area contributed by atoms with Crippen molar-refractivity contribution in [1.82, 2.24) is 14.5 Å². The zero-order valence-electron chi connectivity index (χ0n) is 11.3. The van der Waals surface area contributed by atoms with E-state index in [0.29, 0.717) is 6.42 Å². The molecule has 1 aromatic heterocycles. The summed E-state index contributed by atoms with van der Waals surface area (Å²) in [5, 5.41) is 11.6. The Bertz CT molecular complexity index is 571. The number of hydrogen-bond donors (Lipinski definition) is 2. The second-order valence-corrected chi connectivity index (χ2v) is 5.03. The van der Waals surface area contributed by atoms with E-state index in [1.165, 1.54) is 19.3 Å². The topological polar surface area (TPSA) is 93.3 Å². The van der Waals surface area contributed by atoms with Crippen LogP contribution in [-0.4, -0.2) is 32.3 Å². The summed E-state index contributed by atoms with van der Waals surface area (Å²) in [7, 11) is 1.36. The minimum Gasteiger partial charge on any atom is -0.396 e. The molecule has 0 fully saturated rings. The summed E-state index contributed by atoms with van der Waals surface area (Å²) in [4.78, 5) is 34.7. The highest BCUT2D eigenvalue weighted by atomic mass is 16.3. The predicted octanol–water partition coefficient (Wildman–Crippen LogP) is -1.18. The van der Waals surface area contributed by atoms with Gasteiger partial charge in [0.1, 0.15) is 6.54 Å². The fourth-order valence-corrected chi connectivity index (χ4v) is 1.65. The lowest BCUT2D eigenvalue weighted by Gasteiger charge is -2.25. The molecular formula is C12H19N3O4. The molecule has 0 saturated heterocycles. The highest BCUT2D eigenvalue weighted by Gasteiger charge is 2.20. The van der Waals surface area contributed by atoms with E-state index in [1.807, 2.05) is 0 Å². The first-order valence-electron chi connectivity index (χ1n) is 5.95. The third kappa shape index (κ3) is 4.06. The lowest BCUT2D eigenvalue weighted by molar-refractivity contribution is -0.123. The van der Waals surface area contributed by atoms with Gasteiger partial charge in [-0.3, -0.25) is 18.7 Å². The number of nitrogens with one attached hydrogen (secondary N) is 1. The average Bonchev–Trinajstić information content (AvgIpc) is 2.29. The van der Waals surface area contributed by atoms with E-state index in [9.17, 15) is 14.4 Å². The van der Waals surface area contributed by atoms with Crippen LogP contribution in [-0.2, 0) is 18.4 Å². The van der Waals surface area contributed by atoms with Gasteiger partial charge in [0.2, 0.25) is 5.91 Å². The number of aliphatic hydroxyl groups excluding tert-OH is 1. The molecule has 1 heterocycles. The fourth-order valence-electron chi connectivity index (χ4n) is 1.65. The molecule has 2 N–H and O–H groups in total.